The van der Waals surface area contributed by atoms with Crippen LogP contribution in [0.25, 0.3) is 0 Å². The van der Waals surface area contributed by atoms with Gasteiger partial charge in [-0.25, -0.2) is 4.79 Å². The van der Waals surface area contributed by atoms with Crippen molar-refractivity contribution in [2.45, 2.75) is 39.5 Å². The zero-order valence-corrected chi connectivity index (χ0v) is 12.6. The lowest BCUT2D eigenvalue weighted by molar-refractivity contribution is -0.144. The summed E-state index contributed by atoms with van der Waals surface area (Å²) in [6, 6.07) is 3.04. The minimum atomic E-state index is -0.599. The standard InChI is InChI=1S/C17H20O4/c1-11(2)5-4-6-13-9-10-20-17(19)15(13)16-12(3)7-8-14(18)21-16/h5,7-9,15H,4,6,10H2,1-3H3. The van der Waals surface area contributed by atoms with E-state index in [1.165, 1.54) is 11.6 Å². The predicted octanol–water partition coefficient (Wildman–Crippen LogP) is 3.26. The summed E-state index contributed by atoms with van der Waals surface area (Å²) in [6.07, 6.45) is 5.65. The third kappa shape index (κ3) is 3.72. The van der Waals surface area contributed by atoms with Crippen LogP contribution in [0.15, 0.2) is 44.6 Å². The van der Waals surface area contributed by atoms with Crippen LogP contribution < -0.4 is 5.63 Å². The molecule has 4 heteroatoms. The predicted molar refractivity (Wildman–Crippen MR) is 80.2 cm³/mol. The Kier molecular flexibility index (Phi) is 4.78. The molecular formula is C17H20O4. The fourth-order valence-electron chi connectivity index (χ4n) is 2.42. The second-order valence-corrected chi connectivity index (χ2v) is 5.46. The maximum Gasteiger partial charge on any atom is 0.335 e. The molecule has 0 aliphatic carbocycles. The van der Waals surface area contributed by atoms with E-state index in [2.05, 4.69) is 6.08 Å². The second kappa shape index (κ2) is 6.57. The molecule has 21 heavy (non-hydrogen) atoms. The molecular weight excluding hydrogens is 268 g/mol. The van der Waals surface area contributed by atoms with E-state index in [4.69, 9.17) is 9.15 Å². The smallest absolute Gasteiger partial charge is 0.335 e. The van der Waals surface area contributed by atoms with Crippen LogP contribution in [-0.4, -0.2) is 12.6 Å². The van der Waals surface area contributed by atoms with Crippen LogP contribution in [0.2, 0.25) is 0 Å². The van der Waals surface area contributed by atoms with Gasteiger partial charge in [0.2, 0.25) is 0 Å². The van der Waals surface area contributed by atoms with Gasteiger partial charge in [-0.1, -0.05) is 11.6 Å². The first kappa shape index (κ1) is 15.3. The summed E-state index contributed by atoms with van der Waals surface area (Å²) in [6.45, 7) is 6.20. The lowest BCUT2D eigenvalue weighted by Crippen LogP contribution is -2.24. The van der Waals surface area contributed by atoms with Crippen molar-refractivity contribution in [3.05, 3.63) is 57.2 Å². The van der Waals surface area contributed by atoms with Gasteiger partial charge in [0.05, 0.1) is 0 Å². The third-order valence-electron chi connectivity index (χ3n) is 3.49. The average Bonchev–Trinajstić information content (AvgIpc) is 2.42. The minimum absolute atomic E-state index is 0.287. The Morgan fingerprint density at radius 3 is 2.81 bits per heavy atom. The van der Waals surface area contributed by atoms with Gasteiger partial charge in [0, 0.05) is 6.07 Å². The van der Waals surface area contributed by atoms with Gasteiger partial charge in [-0.15, -0.1) is 0 Å². The quantitative estimate of drug-likeness (QED) is 0.630. The first-order valence-electron chi connectivity index (χ1n) is 7.08. The van der Waals surface area contributed by atoms with Crippen LogP contribution in [0.3, 0.4) is 0 Å². The van der Waals surface area contributed by atoms with E-state index in [1.807, 2.05) is 26.8 Å². The highest BCUT2D eigenvalue weighted by Gasteiger charge is 2.32. The number of carbonyl (C=O) groups is 1. The van der Waals surface area contributed by atoms with E-state index in [-0.39, 0.29) is 12.6 Å². The van der Waals surface area contributed by atoms with Crippen molar-refractivity contribution >= 4 is 5.97 Å². The van der Waals surface area contributed by atoms with Gasteiger partial charge in [-0.05, 0) is 56.9 Å². The highest BCUT2D eigenvalue weighted by atomic mass is 16.5. The Morgan fingerprint density at radius 1 is 1.33 bits per heavy atom. The summed E-state index contributed by atoms with van der Waals surface area (Å²) in [5, 5.41) is 0. The van der Waals surface area contributed by atoms with Gasteiger partial charge in [-0.3, -0.25) is 4.79 Å². The number of hydrogen-bond acceptors (Lipinski definition) is 4. The van der Waals surface area contributed by atoms with Crippen molar-refractivity contribution in [2.24, 2.45) is 0 Å². The zero-order valence-electron chi connectivity index (χ0n) is 12.6. The van der Waals surface area contributed by atoms with Crippen molar-refractivity contribution < 1.29 is 13.9 Å². The molecule has 1 unspecified atom stereocenters. The van der Waals surface area contributed by atoms with Crippen LogP contribution in [0.5, 0.6) is 0 Å². The number of ether oxygens (including phenoxy) is 1. The monoisotopic (exact) mass is 288 g/mol. The molecule has 0 saturated heterocycles. The van der Waals surface area contributed by atoms with Crippen molar-refractivity contribution in [3.63, 3.8) is 0 Å². The zero-order chi connectivity index (χ0) is 15.4. The highest BCUT2D eigenvalue weighted by molar-refractivity contribution is 5.82. The molecule has 0 saturated carbocycles. The van der Waals surface area contributed by atoms with E-state index in [1.54, 1.807) is 6.07 Å². The topological polar surface area (TPSA) is 56.5 Å². The molecule has 112 valence electrons. The van der Waals surface area contributed by atoms with Crippen LogP contribution in [-0.2, 0) is 9.53 Å². The summed E-state index contributed by atoms with van der Waals surface area (Å²) >= 11 is 0. The van der Waals surface area contributed by atoms with Gasteiger partial charge in [-0.2, -0.15) is 0 Å². The summed E-state index contributed by atoms with van der Waals surface area (Å²) < 4.78 is 10.4. The molecule has 1 aromatic rings. The molecule has 0 spiro atoms. The van der Waals surface area contributed by atoms with Crippen LogP contribution in [0.4, 0.5) is 0 Å². The van der Waals surface area contributed by atoms with Crippen molar-refractivity contribution in [2.75, 3.05) is 6.61 Å². The molecule has 2 heterocycles. The molecule has 2 rings (SSSR count). The summed E-state index contributed by atoms with van der Waals surface area (Å²) in [5.41, 5.74) is 2.54. The molecule has 0 bridgehead atoms. The Bertz CT molecular complexity index is 645. The van der Waals surface area contributed by atoms with Crippen LogP contribution in [0.1, 0.15) is 43.9 Å². The molecule has 0 radical (unpaired) electrons. The lowest BCUT2D eigenvalue weighted by Gasteiger charge is -2.23. The van der Waals surface area contributed by atoms with E-state index < -0.39 is 11.5 Å². The van der Waals surface area contributed by atoms with Crippen molar-refractivity contribution in [1.29, 1.82) is 0 Å². The van der Waals surface area contributed by atoms with Crippen molar-refractivity contribution in [1.82, 2.24) is 0 Å². The number of esters is 1. The Balaban J connectivity index is 2.32. The Morgan fingerprint density at radius 2 is 2.10 bits per heavy atom. The van der Waals surface area contributed by atoms with E-state index in [9.17, 15) is 9.59 Å². The molecule has 1 aliphatic heterocycles. The number of rotatable bonds is 4. The fourth-order valence-corrected chi connectivity index (χ4v) is 2.42. The molecule has 1 atom stereocenters. The number of carbonyl (C=O) groups excluding carboxylic acids is 1. The molecule has 4 nitrogen and oxygen atoms in total. The average molecular weight is 288 g/mol. The van der Waals surface area contributed by atoms with Crippen LogP contribution in [0, 0.1) is 6.92 Å². The van der Waals surface area contributed by atoms with E-state index >= 15 is 0 Å². The maximum atomic E-state index is 12.1. The molecule has 1 aliphatic rings. The van der Waals surface area contributed by atoms with E-state index in [0.717, 1.165) is 24.0 Å². The molecule has 0 amide bonds. The lowest BCUT2D eigenvalue weighted by atomic mass is 9.89. The SMILES string of the molecule is CC(C)=CCCC1=CCOC(=O)C1c1oc(=O)ccc1C. The van der Waals surface area contributed by atoms with Gasteiger partial charge in [0.1, 0.15) is 18.3 Å². The minimum Gasteiger partial charge on any atom is -0.461 e. The number of cyclic esters (lactones) is 1. The first-order valence-corrected chi connectivity index (χ1v) is 7.08. The van der Waals surface area contributed by atoms with Crippen LogP contribution >= 0.6 is 0 Å². The van der Waals surface area contributed by atoms with Crippen molar-refractivity contribution in [3.8, 4) is 0 Å². The molecule has 0 N–H and O–H groups in total. The third-order valence-corrected chi connectivity index (χ3v) is 3.49. The molecule has 0 aromatic carbocycles. The Hall–Kier alpha value is -2.10. The fraction of sp³-hybridized carbons (Fsp3) is 0.412. The van der Waals surface area contributed by atoms with Gasteiger partial charge < -0.3 is 9.15 Å². The number of allylic oxidation sites excluding steroid dienone is 2. The number of aryl methyl sites for hydroxylation is 1. The summed E-state index contributed by atoms with van der Waals surface area (Å²) in [7, 11) is 0. The molecule has 0 fully saturated rings. The first-order chi connectivity index (χ1) is 9.99. The largest absolute Gasteiger partial charge is 0.461 e. The van der Waals surface area contributed by atoms with Gasteiger partial charge in [0.25, 0.3) is 0 Å². The second-order valence-electron chi connectivity index (χ2n) is 5.46. The van der Waals surface area contributed by atoms with E-state index in [0.29, 0.717) is 5.76 Å². The Labute approximate surface area is 124 Å². The summed E-state index contributed by atoms with van der Waals surface area (Å²) in [5.74, 6) is -0.545. The summed E-state index contributed by atoms with van der Waals surface area (Å²) in [4.78, 5) is 23.6. The maximum absolute atomic E-state index is 12.1. The normalized spacial score (nSPS) is 18.0. The number of hydrogen-bond donors (Lipinski definition) is 0. The molecule has 1 aromatic heterocycles. The van der Waals surface area contributed by atoms with Gasteiger partial charge >= 0.3 is 11.6 Å². The van der Waals surface area contributed by atoms with Gasteiger partial charge in [0.15, 0.2) is 0 Å². The highest BCUT2D eigenvalue weighted by Crippen LogP contribution is 2.33.